The standard InChI is InChI=1S/C18H14N8O7/c27-23-15-10-14(24(28)29)11-16(25(30)31)17(15)20-22(23)13-6-8-18(9-7-13,26(32)33)21-19-12-4-2-1-3-5-12/h1-11,13,19,21H. The molecule has 15 nitrogen and oxygen atoms in total. The second kappa shape index (κ2) is 7.97. The Labute approximate surface area is 183 Å². The fraction of sp³-hybridized carbons (Fsp3) is 0.111. The summed E-state index contributed by atoms with van der Waals surface area (Å²) >= 11 is 0. The topological polar surface area (TPSA) is 198 Å². The highest BCUT2D eigenvalue weighted by Crippen LogP contribution is 2.29. The number of non-ortho nitro benzene ring substituents is 2. The maximum Gasteiger partial charge on any atom is 0.334 e. The Bertz CT molecular complexity index is 1320. The minimum absolute atomic E-state index is 0.170. The van der Waals surface area contributed by atoms with Crippen LogP contribution in [-0.2, 0) is 0 Å². The number of allylic oxidation sites excluding steroid dienone is 2. The number of para-hydroxylation sites is 1. The molecule has 0 aliphatic heterocycles. The van der Waals surface area contributed by atoms with Gasteiger partial charge in [-0.2, -0.15) is 5.43 Å². The molecule has 0 atom stereocenters. The number of nitro groups is 3. The van der Waals surface area contributed by atoms with E-state index in [0.717, 1.165) is 10.9 Å². The summed E-state index contributed by atoms with van der Waals surface area (Å²) in [7, 11) is 0. The van der Waals surface area contributed by atoms with E-state index in [9.17, 15) is 35.6 Å². The number of benzene rings is 2. The summed E-state index contributed by atoms with van der Waals surface area (Å²) in [5.41, 5.74) is 1.99. The summed E-state index contributed by atoms with van der Waals surface area (Å²) in [4.78, 5) is 32.8. The normalized spacial score (nSPS) is 19.5. The molecule has 0 unspecified atom stereocenters. The van der Waals surface area contributed by atoms with Gasteiger partial charge in [-0.05, 0) is 29.1 Å². The van der Waals surface area contributed by atoms with E-state index in [1.165, 1.54) is 24.3 Å². The van der Waals surface area contributed by atoms with Crippen LogP contribution >= 0.6 is 0 Å². The molecule has 0 spiro atoms. The van der Waals surface area contributed by atoms with Crippen molar-refractivity contribution in [2.24, 2.45) is 0 Å². The van der Waals surface area contributed by atoms with Crippen LogP contribution in [0.4, 0.5) is 17.1 Å². The average Bonchev–Trinajstić information content (AvgIpc) is 3.14. The lowest BCUT2D eigenvalue weighted by atomic mass is 10.0. The highest BCUT2D eigenvalue weighted by molar-refractivity contribution is 5.84. The molecule has 2 N–H and O–H groups in total. The molecule has 0 amide bonds. The quantitative estimate of drug-likeness (QED) is 0.132. The summed E-state index contributed by atoms with van der Waals surface area (Å²) in [6.45, 7) is 0. The smallest absolute Gasteiger partial charge is 0.334 e. The van der Waals surface area contributed by atoms with Crippen molar-refractivity contribution < 1.29 is 19.6 Å². The summed E-state index contributed by atoms with van der Waals surface area (Å²) < 4.78 is 0. The van der Waals surface area contributed by atoms with Crippen molar-refractivity contribution in [3.05, 3.63) is 102 Å². The fourth-order valence-corrected chi connectivity index (χ4v) is 3.23. The molecule has 4 rings (SSSR count). The lowest BCUT2D eigenvalue weighted by Crippen LogP contribution is -2.52. The predicted octanol–water partition coefficient (Wildman–Crippen LogP) is 1.74. The van der Waals surface area contributed by atoms with Crippen LogP contribution < -0.4 is 15.7 Å². The number of hydrogen-bond acceptors (Lipinski definition) is 10. The van der Waals surface area contributed by atoms with Crippen LogP contribution in [-0.4, -0.2) is 30.3 Å². The van der Waals surface area contributed by atoms with Gasteiger partial charge in [-0.25, -0.2) is 0 Å². The van der Waals surface area contributed by atoms with Gasteiger partial charge in [-0.1, -0.05) is 18.2 Å². The van der Waals surface area contributed by atoms with Crippen molar-refractivity contribution in [3.63, 3.8) is 0 Å². The van der Waals surface area contributed by atoms with E-state index in [1.54, 1.807) is 30.3 Å². The molecule has 15 heteroatoms. The molecule has 33 heavy (non-hydrogen) atoms. The van der Waals surface area contributed by atoms with Crippen LogP contribution in [0.1, 0.15) is 6.04 Å². The molecule has 0 radical (unpaired) electrons. The number of aromatic nitrogens is 3. The molecule has 1 heterocycles. The van der Waals surface area contributed by atoms with Gasteiger partial charge in [-0.15, -0.1) is 4.85 Å². The number of anilines is 1. The maximum atomic E-state index is 12.7. The van der Waals surface area contributed by atoms with Crippen molar-refractivity contribution in [2.45, 2.75) is 11.7 Å². The minimum atomic E-state index is -1.85. The van der Waals surface area contributed by atoms with Crippen molar-refractivity contribution in [1.29, 1.82) is 0 Å². The lowest BCUT2D eigenvalue weighted by Gasteiger charge is -2.24. The Balaban J connectivity index is 1.68. The van der Waals surface area contributed by atoms with Gasteiger partial charge in [0.15, 0.2) is 0 Å². The first-order chi connectivity index (χ1) is 15.7. The van der Waals surface area contributed by atoms with E-state index in [-0.39, 0.29) is 15.9 Å². The Morgan fingerprint density at radius 1 is 1.00 bits per heavy atom. The summed E-state index contributed by atoms with van der Waals surface area (Å²) in [5.74, 6) is 0. The second-order valence-corrected chi connectivity index (χ2v) is 6.95. The van der Waals surface area contributed by atoms with Crippen LogP contribution in [0.2, 0.25) is 0 Å². The molecule has 0 bridgehead atoms. The van der Waals surface area contributed by atoms with Gasteiger partial charge in [0, 0.05) is 17.8 Å². The molecular weight excluding hydrogens is 440 g/mol. The molecule has 3 aromatic rings. The molecule has 2 aromatic carbocycles. The zero-order valence-electron chi connectivity index (χ0n) is 16.5. The molecule has 1 aromatic heterocycles. The summed E-state index contributed by atoms with van der Waals surface area (Å²) in [5, 5.41) is 50.8. The third kappa shape index (κ3) is 3.79. The number of nitrogens with one attached hydrogen (secondary N) is 2. The predicted molar refractivity (Wildman–Crippen MR) is 112 cm³/mol. The largest absolute Gasteiger partial charge is 0.692 e. The Morgan fingerprint density at radius 3 is 2.24 bits per heavy atom. The first kappa shape index (κ1) is 21.3. The number of hydrazine groups is 1. The molecule has 0 saturated heterocycles. The minimum Gasteiger partial charge on any atom is -0.692 e. The van der Waals surface area contributed by atoms with Crippen molar-refractivity contribution in [1.82, 2.24) is 15.3 Å². The molecular formula is C18H14N8O7. The highest BCUT2D eigenvalue weighted by atomic mass is 16.6. The Kier molecular flexibility index (Phi) is 5.15. The van der Waals surface area contributed by atoms with Crippen molar-refractivity contribution in [3.8, 4) is 0 Å². The number of nitrogens with zero attached hydrogens (tertiary/aromatic N) is 6. The van der Waals surface area contributed by atoms with Crippen LogP contribution in [0.5, 0.6) is 0 Å². The SMILES string of the molecule is O=[N+]([O-])c1cc([N+](=O)[O-])c2nn(C3C=CC(NNc4ccccc4)([N+](=O)[O-])C=C3)[n+]([O-])c2c1. The van der Waals surface area contributed by atoms with Gasteiger partial charge in [0.05, 0.1) is 32.0 Å². The molecule has 1 aliphatic rings. The van der Waals surface area contributed by atoms with Gasteiger partial charge < -0.3 is 10.6 Å². The van der Waals surface area contributed by atoms with E-state index in [2.05, 4.69) is 16.0 Å². The van der Waals surface area contributed by atoms with Gasteiger partial charge in [0.25, 0.3) is 5.69 Å². The highest BCUT2D eigenvalue weighted by Gasteiger charge is 2.41. The molecule has 1 aliphatic carbocycles. The van der Waals surface area contributed by atoms with Gasteiger partial charge in [0.1, 0.15) is 6.04 Å². The summed E-state index contributed by atoms with van der Waals surface area (Å²) in [6.07, 6.45) is 5.00. The maximum absolute atomic E-state index is 12.7. The molecule has 168 valence electrons. The molecule has 0 fully saturated rings. The van der Waals surface area contributed by atoms with Crippen molar-refractivity contribution >= 4 is 28.1 Å². The van der Waals surface area contributed by atoms with E-state index in [1.807, 2.05) is 0 Å². The fourth-order valence-electron chi connectivity index (χ4n) is 3.23. The zero-order chi connectivity index (χ0) is 23.8. The Hall–Kier alpha value is -4.92. The zero-order valence-corrected chi connectivity index (χ0v) is 16.5. The van der Waals surface area contributed by atoms with Gasteiger partial charge in [0.2, 0.25) is 5.52 Å². The number of rotatable bonds is 7. The number of hydrogen-bond donors (Lipinski definition) is 2. The third-order valence-electron chi connectivity index (χ3n) is 4.90. The van der Waals surface area contributed by atoms with Crippen molar-refractivity contribution in [2.75, 3.05) is 5.43 Å². The molecule has 0 saturated carbocycles. The van der Waals surface area contributed by atoms with Crippen LogP contribution in [0.15, 0.2) is 66.8 Å². The monoisotopic (exact) mass is 454 g/mol. The van der Waals surface area contributed by atoms with E-state index in [0.29, 0.717) is 11.8 Å². The van der Waals surface area contributed by atoms with Crippen LogP contribution in [0.3, 0.4) is 0 Å². The second-order valence-electron chi connectivity index (χ2n) is 6.95. The van der Waals surface area contributed by atoms with Crippen LogP contribution in [0.25, 0.3) is 11.0 Å². The first-order valence-electron chi connectivity index (χ1n) is 9.28. The van der Waals surface area contributed by atoms with E-state index < -0.39 is 37.8 Å². The third-order valence-corrected chi connectivity index (χ3v) is 4.90. The van der Waals surface area contributed by atoms with Crippen LogP contribution in [0, 0.1) is 35.6 Å². The van der Waals surface area contributed by atoms with E-state index in [4.69, 9.17) is 0 Å². The van der Waals surface area contributed by atoms with Gasteiger partial charge in [-0.3, -0.25) is 30.3 Å². The first-order valence-corrected chi connectivity index (χ1v) is 9.28. The van der Waals surface area contributed by atoms with E-state index >= 15 is 0 Å². The Morgan fingerprint density at radius 2 is 1.67 bits per heavy atom. The summed E-state index contributed by atoms with van der Waals surface area (Å²) in [6, 6.07) is 9.30. The average molecular weight is 454 g/mol. The number of nitro benzene ring substituents is 2. The van der Waals surface area contributed by atoms with Gasteiger partial charge >= 0.3 is 16.9 Å². The lowest BCUT2D eigenvalue weighted by molar-refractivity contribution is -0.677. The number of fused-ring (bicyclic) bond motifs is 1.